The van der Waals surface area contributed by atoms with Crippen molar-refractivity contribution in [3.8, 4) is 0 Å². The van der Waals surface area contributed by atoms with Gasteiger partial charge in [-0.05, 0) is 5.57 Å². The molecular weight excluding hydrogens is 116 g/mol. The average Bonchev–Trinajstić information content (AvgIpc) is 1.82. The molecule has 52 valence electrons. The lowest BCUT2D eigenvalue weighted by Crippen LogP contribution is -2.19. The van der Waals surface area contributed by atoms with Crippen LogP contribution in [0.3, 0.4) is 0 Å². The maximum atomic E-state index is 8.55. The van der Waals surface area contributed by atoms with E-state index in [0.717, 1.165) is 0 Å². The van der Waals surface area contributed by atoms with Crippen molar-refractivity contribution in [1.82, 2.24) is 5.01 Å². The SMILES string of the molecule is C=C/C(=C\N(C)N)CO. The lowest BCUT2D eigenvalue weighted by molar-refractivity contribution is 0.330. The predicted molar refractivity (Wildman–Crippen MR) is 37.3 cm³/mol. The molecular formula is C6H12N2O. The second kappa shape index (κ2) is 4.12. The molecule has 0 amide bonds. The van der Waals surface area contributed by atoms with Gasteiger partial charge in [0.15, 0.2) is 0 Å². The lowest BCUT2D eigenvalue weighted by atomic mass is 10.3. The molecule has 0 bridgehead atoms. The van der Waals surface area contributed by atoms with E-state index in [4.69, 9.17) is 10.9 Å². The molecule has 3 nitrogen and oxygen atoms in total. The molecule has 0 heterocycles. The molecule has 0 atom stereocenters. The Bertz CT molecular complexity index is 118. The van der Waals surface area contributed by atoms with E-state index in [-0.39, 0.29) is 6.61 Å². The number of hydrogen-bond donors (Lipinski definition) is 2. The number of aliphatic hydroxyl groups is 1. The molecule has 9 heavy (non-hydrogen) atoms. The Kier molecular flexibility index (Phi) is 3.75. The predicted octanol–water partition coefficient (Wildman–Crippen LogP) is -0.146. The zero-order valence-electron chi connectivity index (χ0n) is 5.54. The minimum absolute atomic E-state index is 0.0228. The Morgan fingerprint density at radius 2 is 2.44 bits per heavy atom. The van der Waals surface area contributed by atoms with Gasteiger partial charge < -0.3 is 10.1 Å². The second-order valence-electron chi connectivity index (χ2n) is 1.73. The van der Waals surface area contributed by atoms with E-state index < -0.39 is 0 Å². The molecule has 3 N–H and O–H groups in total. The van der Waals surface area contributed by atoms with E-state index in [1.807, 2.05) is 0 Å². The molecule has 0 rings (SSSR count). The Morgan fingerprint density at radius 3 is 2.56 bits per heavy atom. The van der Waals surface area contributed by atoms with Gasteiger partial charge in [0.1, 0.15) is 0 Å². The summed E-state index contributed by atoms with van der Waals surface area (Å²) in [7, 11) is 1.68. The molecule has 0 saturated carbocycles. The first kappa shape index (κ1) is 8.20. The molecule has 3 heteroatoms. The third-order valence-corrected chi connectivity index (χ3v) is 0.814. The van der Waals surface area contributed by atoms with Crippen molar-refractivity contribution in [1.29, 1.82) is 0 Å². The summed E-state index contributed by atoms with van der Waals surface area (Å²) < 4.78 is 0. The third-order valence-electron chi connectivity index (χ3n) is 0.814. The number of nitrogens with two attached hydrogens (primary N) is 1. The van der Waals surface area contributed by atoms with Gasteiger partial charge in [-0.3, -0.25) is 0 Å². The smallest absolute Gasteiger partial charge is 0.0696 e. The van der Waals surface area contributed by atoms with E-state index in [0.29, 0.717) is 5.57 Å². The van der Waals surface area contributed by atoms with Crippen LogP contribution in [0.5, 0.6) is 0 Å². The number of hydrogen-bond acceptors (Lipinski definition) is 3. The third kappa shape index (κ3) is 3.76. The Balaban J connectivity index is 3.90. The van der Waals surface area contributed by atoms with Gasteiger partial charge in [0.2, 0.25) is 0 Å². The van der Waals surface area contributed by atoms with Crippen molar-refractivity contribution in [2.45, 2.75) is 0 Å². The maximum Gasteiger partial charge on any atom is 0.0696 e. The van der Waals surface area contributed by atoms with E-state index in [1.54, 1.807) is 19.3 Å². The summed E-state index contributed by atoms with van der Waals surface area (Å²) >= 11 is 0. The average molecular weight is 128 g/mol. The topological polar surface area (TPSA) is 49.5 Å². The van der Waals surface area contributed by atoms with Crippen LogP contribution in [0.2, 0.25) is 0 Å². The maximum absolute atomic E-state index is 8.55. The normalized spacial score (nSPS) is 11.2. The molecule has 0 fully saturated rings. The molecule has 0 aliphatic heterocycles. The molecule has 0 saturated heterocycles. The molecule has 0 aliphatic rings. The highest BCUT2D eigenvalue weighted by Gasteiger charge is 1.86. The van der Waals surface area contributed by atoms with Crippen LogP contribution < -0.4 is 5.84 Å². The van der Waals surface area contributed by atoms with E-state index in [9.17, 15) is 0 Å². The number of aliphatic hydroxyl groups excluding tert-OH is 1. The molecule has 0 unspecified atom stereocenters. The molecule has 0 aromatic rings. The van der Waals surface area contributed by atoms with Crippen molar-refractivity contribution < 1.29 is 5.11 Å². The molecule has 0 aromatic carbocycles. The zero-order chi connectivity index (χ0) is 7.28. The molecule has 0 radical (unpaired) electrons. The van der Waals surface area contributed by atoms with Gasteiger partial charge in [-0.15, -0.1) is 0 Å². The molecule has 0 aliphatic carbocycles. The minimum Gasteiger partial charge on any atom is -0.392 e. The number of rotatable bonds is 3. The van der Waals surface area contributed by atoms with Gasteiger partial charge in [-0.25, -0.2) is 5.84 Å². The summed E-state index contributed by atoms with van der Waals surface area (Å²) in [6.45, 7) is 3.45. The highest BCUT2D eigenvalue weighted by Crippen LogP contribution is 1.92. The van der Waals surface area contributed by atoms with Crippen LogP contribution in [0, 0.1) is 0 Å². The first-order chi connectivity index (χ1) is 4.20. The van der Waals surface area contributed by atoms with Crippen LogP contribution in [0.15, 0.2) is 24.4 Å². The summed E-state index contributed by atoms with van der Waals surface area (Å²) in [4.78, 5) is 0. The summed E-state index contributed by atoms with van der Waals surface area (Å²) in [5.41, 5.74) is 0.708. The van der Waals surface area contributed by atoms with Crippen molar-refractivity contribution in [3.05, 3.63) is 24.4 Å². The summed E-state index contributed by atoms with van der Waals surface area (Å²) in [5.74, 6) is 5.24. The van der Waals surface area contributed by atoms with E-state index in [2.05, 4.69) is 6.58 Å². The monoisotopic (exact) mass is 128 g/mol. The fraction of sp³-hybridized carbons (Fsp3) is 0.333. The number of nitrogens with zero attached hydrogens (tertiary/aromatic N) is 1. The van der Waals surface area contributed by atoms with Crippen LogP contribution in [0.4, 0.5) is 0 Å². The summed E-state index contributed by atoms with van der Waals surface area (Å²) in [5, 5.41) is 9.92. The summed E-state index contributed by atoms with van der Waals surface area (Å²) in [6.07, 6.45) is 3.16. The quantitative estimate of drug-likeness (QED) is 0.316. The zero-order valence-corrected chi connectivity index (χ0v) is 5.54. The fourth-order valence-corrected chi connectivity index (χ4v) is 0.420. The van der Waals surface area contributed by atoms with Crippen molar-refractivity contribution in [3.63, 3.8) is 0 Å². The van der Waals surface area contributed by atoms with Crippen LogP contribution in [0.1, 0.15) is 0 Å². The van der Waals surface area contributed by atoms with Gasteiger partial charge in [-0.2, -0.15) is 0 Å². The number of hydrazine groups is 1. The largest absolute Gasteiger partial charge is 0.392 e. The Morgan fingerprint density at radius 1 is 1.89 bits per heavy atom. The van der Waals surface area contributed by atoms with Crippen LogP contribution in [-0.2, 0) is 0 Å². The van der Waals surface area contributed by atoms with Crippen molar-refractivity contribution in [2.24, 2.45) is 5.84 Å². The standard InChI is InChI=1S/C6H12N2O/c1-3-6(5-9)4-8(2)7/h3-4,9H,1,5,7H2,2H3/b6-4+. The highest BCUT2D eigenvalue weighted by atomic mass is 16.3. The molecule has 0 spiro atoms. The van der Waals surface area contributed by atoms with Crippen molar-refractivity contribution in [2.75, 3.05) is 13.7 Å². The second-order valence-corrected chi connectivity index (χ2v) is 1.73. The van der Waals surface area contributed by atoms with Gasteiger partial charge in [-0.1, -0.05) is 12.7 Å². The highest BCUT2D eigenvalue weighted by molar-refractivity contribution is 5.14. The van der Waals surface area contributed by atoms with Crippen molar-refractivity contribution >= 4 is 0 Å². The summed E-state index contributed by atoms with van der Waals surface area (Å²) in [6, 6.07) is 0. The van der Waals surface area contributed by atoms with E-state index >= 15 is 0 Å². The lowest BCUT2D eigenvalue weighted by Gasteiger charge is -2.05. The van der Waals surface area contributed by atoms with Crippen LogP contribution in [-0.4, -0.2) is 23.8 Å². The Labute approximate surface area is 55.0 Å². The minimum atomic E-state index is -0.0228. The first-order valence-electron chi connectivity index (χ1n) is 2.62. The van der Waals surface area contributed by atoms with E-state index in [1.165, 1.54) is 5.01 Å². The van der Waals surface area contributed by atoms with Gasteiger partial charge in [0, 0.05) is 13.2 Å². The van der Waals surface area contributed by atoms with Crippen LogP contribution in [0.25, 0.3) is 0 Å². The van der Waals surface area contributed by atoms with Gasteiger partial charge in [0.25, 0.3) is 0 Å². The van der Waals surface area contributed by atoms with Gasteiger partial charge in [0.05, 0.1) is 6.61 Å². The van der Waals surface area contributed by atoms with Crippen LogP contribution >= 0.6 is 0 Å². The fourth-order valence-electron chi connectivity index (χ4n) is 0.420. The molecule has 0 aromatic heterocycles. The first-order valence-corrected chi connectivity index (χ1v) is 2.62. The Hall–Kier alpha value is -0.800. The van der Waals surface area contributed by atoms with Gasteiger partial charge >= 0.3 is 0 Å².